The first-order chi connectivity index (χ1) is 11.2. The Hall–Kier alpha value is -1.60. The lowest BCUT2D eigenvalue weighted by Crippen LogP contribution is -2.37. The van der Waals surface area contributed by atoms with Crippen molar-refractivity contribution < 1.29 is 13.9 Å². The lowest BCUT2D eigenvalue weighted by molar-refractivity contribution is 0.0689. The first-order valence-electron chi connectivity index (χ1n) is 8.19. The Morgan fingerprint density at radius 1 is 1.17 bits per heavy atom. The van der Waals surface area contributed by atoms with Gasteiger partial charge in [-0.05, 0) is 33.6 Å². The molecule has 0 aliphatic rings. The van der Waals surface area contributed by atoms with Gasteiger partial charge in [0, 0.05) is 26.8 Å². The van der Waals surface area contributed by atoms with E-state index in [4.69, 9.17) is 13.9 Å². The molecule has 0 amide bonds. The largest absolute Gasteiger partial charge is 0.444 e. The van der Waals surface area contributed by atoms with Crippen LogP contribution in [-0.4, -0.2) is 51.0 Å². The Bertz CT molecular complexity index is 441. The number of oxazole rings is 1. The van der Waals surface area contributed by atoms with E-state index in [0.717, 1.165) is 50.0 Å². The Labute approximate surface area is 138 Å². The zero-order chi connectivity index (χ0) is 16.9. The van der Waals surface area contributed by atoms with E-state index in [1.165, 1.54) is 0 Å². The second-order valence-electron chi connectivity index (χ2n) is 5.18. The number of hydrogen-bond acceptors (Lipinski definition) is 5. The van der Waals surface area contributed by atoms with Crippen LogP contribution in [0.1, 0.15) is 37.1 Å². The number of ether oxygens (including phenoxy) is 2. The number of nitrogens with zero attached hydrogens (tertiary/aromatic N) is 2. The third-order valence-electron chi connectivity index (χ3n) is 3.23. The Balaban J connectivity index is 2.24. The van der Waals surface area contributed by atoms with Crippen molar-refractivity contribution in [2.45, 2.75) is 40.2 Å². The topological polar surface area (TPSA) is 80.9 Å². The molecule has 0 unspecified atom stereocenters. The van der Waals surface area contributed by atoms with E-state index in [1.54, 1.807) is 7.11 Å². The third-order valence-corrected chi connectivity index (χ3v) is 3.23. The molecule has 0 fully saturated rings. The van der Waals surface area contributed by atoms with Crippen molar-refractivity contribution in [3.63, 3.8) is 0 Å². The maximum Gasteiger partial charge on any atom is 0.216 e. The zero-order valence-electron chi connectivity index (χ0n) is 14.8. The van der Waals surface area contributed by atoms with Gasteiger partial charge in [-0.25, -0.2) is 9.98 Å². The summed E-state index contributed by atoms with van der Waals surface area (Å²) in [5.74, 6) is 2.27. The average molecular weight is 326 g/mol. The van der Waals surface area contributed by atoms with Gasteiger partial charge in [-0.1, -0.05) is 0 Å². The molecule has 7 nitrogen and oxygen atoms in total. The van der Waals surface area contributed by atoms with Crippen LogP contribution in [0.3, 0.4) is 0 Å². The van der Waals surface area contributed by atoms with Gasteiger partial charge < -0.3 is 24.5 Å². The number of nitrogens with one attached hydrogen (secondary N) is 2. The highest BCUT2D eigenvalue weighted by Gasteiger charge is 2.05. The minimum atomic E-state index is 0.435. The molecule has 1 heterocycles. The molecule has 0 bridgehead atoms. The van der Waals surface area contributed by atoms with Crippen molar-refractivity contribution in [2.75, 3.05) is 40.0 Å². The Morgan fingerprint density at radius 3 is 2.65 bits per heavy atom. The maximum absolute atomic E-state index is 5.53. The van der Waals surface area contributed by atoms with Crippen LogP contribution >= 0.6 is 0 Å². The molecule has 0 radical (unpaired) electrons. The van der Waals surface area contributed by atoms with E-state index in [-0.39, 0.29) is 0 Å². The van der Waals surface area contributed by atoms with Crippen LogP contribution in [0.4, 0.5) is 0 Å². The summed E-state index contributed by atoms with van der Waals surface area (Å²) in [7, 11) is 1.68. The van der Waals surface area contributed by atoms with E-state index in [0.29, 0.717) is 25.6 Å². The fraction of sp³-hybridized carbons (Fsp3) is 0.750. The molecule has 1 rings (SSSR count). The summed E-state index contributed by atoms with van der Waals surface area (Å²) in [5.41, 5.74) is 0.918. The minimum Gasteiger partial charge on any atom is -0.444 e. The van der Waals surface area contributed by atoms with Crippen LogP contribution < -0.4 is 10.6 Å². The third kappa shape index (κ3) is 8.56. The van der Waals surface area contributed by atoms with Gasteiger partial charge in [-0.2, -0.15) is 0 Å². The number of rotatable bonds is 11. The molecule has 1 aromatic heterocycles. The standard InChI is InChI=1S/C16H30N4O3/c1-5-17-16(18-8-6-7-9-22-11-10-21-4)19-12-15-20-13(2)14(3)23-15/h5-12H2,1-4H3,(H2,17,18,19). The second-order valence-corrected chi connectivity index (χ2v) is 5.18. The molecule has 0 saturated heterocycles. The van der Waals surface area contributed by atoms with Crippen molar-refractivity contribution >= 4 is 5.96 Å². The summed E-state index contributed by atoms with van der Waals surface area (Å²) >= 11 is 0. The number of aromatic nitrogens is 1. The fourth-order valence-corrected chi connectivity index (χ4v) is 1.88. The predicted octanol–water partition coefficient (Wildman–Crippen LogP) is 1.79. The fourth-order valence-electron chi connectivity index (χ4n) is 1.88. The first-order valence-corrected chi connectivity index (χ1v) is 8.19. The van der Waals surface area contributed by atoms with Crippen LogP contribution in [0.2, 0.25) is 0 Å². The normalized spacial score (nSPS) is 11.7. The molecule has 7 heteroatoms. The highest BCUT2D eigenvalue weighted by Crippen LogP contribution is 2.08. The molecule has 0 aromatic carbocycles. The summed E-state index contributed by atoms with van der Waals surface area (Å²) in [6.07, 6.45) is 2.03. The number of aryl methyl sites for hydroxylation is 2. The Kier molecular flexibility index (Phi) is 10.1. The monoisotopic (exact) mass is 326 g/mol. The molecule has 0 saturated carbocycles. The van der Waals surface area contributed by atoms with Gasteiger partial charge in [0.25, 0.3) is 0 Å². The van der Waals surface area contributed by atoms with Gasteiger partial charge >= 0.3 is 0 Å². The summed E-state index contributed by atoms with van der Waals surface area (Å²) in [5, 5.41) is 6.52. The summed E-state index contributed by atoms with van der Waals surface area (Å²) in [6.45, 7) is 10.0. The molecule has 23 heavy (non-hydrogen) atoms. The van der Waals surface area contributed by atoms with Crippen molar-refractivity contribution in [3.05, 3.63) is 17.3 Å². The number of methoxy groups -OCH3 is 1. The lowest BCUT2D eigenvalue weighted by atomic mass is 10.3. The van der Waals surface area contributed by atoms with Gasteiger partial charge in [0.05, 0.1) is 18.9 Å². The molecular formula is C16H30N4O3. The van der Waals surface area contributed by atoms with Crippen molar-refractivity contribution in [1.29, 1.82) is 0 Å². The van der Waals surface area contributed by atoms with E-state index >= 15 is 0 Å². The smallest absolute Gasteiger partial charge is 0.216 e. The number of unbranched alkanes of at least 4 members (excludes halogenated alkanes) is 1. The van der Waals surface area contributed by atoms with E-state index < -0.39 is 0 Å². The minimum absolute atomic E-state index is 0.435. The van der Waals surface area contributed by atoms with Crippen molar-refractivity contribution in [1.82, 2.24) is 15.6 Å². The van der Waals surface area contributed by atoms with E-state index in [9.17, 15) is 0 Å². The van der Waals surface area contributed by atoms with Gasteiger partial charge in [0.2, 0.25) is 5.89 Å². The summed E-state index contributed by atoms with van der Waals surface area (Å²) in [4.78, 5) is 8.82. The summed E-state index contributed by atoms with van der Waals surface area (Å²) < 4.78 is 15.9. The SMILES string of the molecule is CCNC(=NCc1nc(C)c(C)o1)NCCCCOCCOC. The molecule has 2 N–H and O–H groups in total. The molecule has 0 spiro atoms. The maximum atomic E-state index is 5.53. The molecule has 132 valence electrons. The van der Waals surface area contributed by atoms with Crippen molar-refractivity contribution in [2.24, 2.45) is 4.99 Å². The molecule has 1 aromatic rings. The number of hydrogen-bond donors (Lipinski definition) is 2. The van der Waals surface area contributed by atoms with Crippen LogP contribution in [0.25, 0.3) is 0 Å². The predicted molar refractivity (Wildman–Crippen MR) is 90.7 cm³/mol. The molecule has 0 aliphatic heterocycles. The van der Waals surface area contributed by atoms with E-state index in [2.05, 4.69) is 20.6 Å². The quantitative estimate of drug-likeness (QED) is 0.367. The van der Waals surface area contributed by atoms with Gasteiger partial charge in [-0.15, -0.1) is 0 Å². The van der Waals surface area contributed by atoms with Crippen LogP contribution in [0, 0.1) is 13.8 Å². The van der Waals surface area contributed by atoms with Crippen LogP contribution in [0.15, 0.2) is 9.41 Å². The number of aliphatic imine (C=N–C) groups is 1. The second kappa shape index (κ2) is 11.9. The lowest BCUT2D eigenvalue weighted by Gasteiger charge is -2.10. The highest BCUT2D eigenvalue weighted by molar-refractivity contribution is 5.79. The van der Waals surface area contributed by atoms with Crippen LogP contribution in [-0.2, 0) is 16.0 Å². The summed E-state index contributed by atoms with van der Waals surface area (Å²) in [6, 6.07) is 0. The molecule has 0 atom stereocenters. The Morgan fingerprint density at radius 2 is 2.00 bits per heavy atom. The van der Waals surface area contributed by atoms with Crippen LogP contribution in [0.5, 0.6) is 0 Å². The number of guanidine groups is 1. The van der Waals surface area contributed by atoms with Gasteiger partial charge in [-0.3, -0.25) is 0 Å². The zero-order valence-corrected chi connectivity index (χ0v) is 14.8. The van der Waals surface area contributed by atoms with Crippen molar-refractivity contribution in [3.8, 4) is 0 Å². The average Bonchev–Trinajstić information content (AvgIpc) is 2.86. The first kappa shape index (κ1) is 19.4. The molecular weight excluding hydrogens is 296 g/mol. The van der Waals surface area contributed by atoms with Gasteiger partial charge in [0.15, 0.2) is 5.96 Å². The van der Waals surface area contributed by atoms with Gasteiger partial charge in [0.1, 0.15) is 12.3 Å². The molecule has 0 aliphatic carbocycles. The van der Waals surface area contributed by atoms with E-state index in [1.807, 2.05) is 20.8 Å². The highest BCUT2D eigenvalue weighted by atomic mass is 16.5.